The molecule has 0 fully saturated rings. The maximum absolute atomic E-state index is 11.6. The Bertz CT molecular complexity index is 364. The topological polar surface area (TPSA) is 41.5 Å². The molecule has 3 nitrogen and oxygen atoms in total. The highest BCUT2D eigenvalue weighted by Crippen LogP contribution is 2.25. The van der Waals surface area contributed by atoms with E-state index in [0.717, 1.165) is 5.57 Å². The van der Waals surface area contributed by atoms with Crippen LogP contribution in [0.3, 0.4) is 0 Å². The first-order valence-corrected chi connectivity index (χ1v) is 4.96. The number of hydrogen-bond acceptors (Lipinski definition) is 2. The van der Waals surface area contributed by atoms with Gasteiger partial charge in [0.05, 0.1) is 6.34 Å². The first-order chi connectivity index (χ1) is 7.15. The van der Waals surface area contributed by atoms with Gasteiger partial charge in [0.2, 0.25) is 0 Å². The Kier molecular flexibility index (Phi) is 3.61. The third kappa shape index (κ3) is 2.24. The normalized spacial score (nSPS) is 26.9. The van der Waals surface area contributed by atoms with Crippen molar-refractivity contribution in [3.63, 3.8) is 0 Å². The van der Waals surface area contributed by atoms with Gasteiger partial charge in [-0.3, -0.25) is 9.79 Å². The minimum Gasteiger partial charge on any atom is -0.315 e. The molecule has 0 spiro atoms. The van der Waals surface area contributed by atoms with Gasteiger partial charge in [-0.1, -0.05) is 30.4 Å². The summed E-state index contributed by atoms with van der Waals surface area (Å²) >= 11 is 0. The molecule has 15 heavy (non-hydrogen) atoms. The Morgan fingerprint density at radius 1 is 1.47 bits per heavy atom. The maximum Gasteiger partial charge on any atom is 0.257 e. The molecule has 0 saturated carbocycles. The molecule has 0 radical (unpaired) electrons. The Labute approximate surface area is 90.3 Å². The molecule has 1 heterocycles. The quantitative estimate of drug-likeness (QED) is 0.702. The van der Waals surface area contributed by atoms with E-state index in [-0.39, 0.29) is 5.91 Å². The van der Waals surface area contributed by atoms with Crippen molar-refractivity contribution in [2.45, 2.75) is 26.3 Å². The number of carbonyl (C=O) groups is 1. The molecule has 0 aliphatic carbocycles. The third-order valence-corrected chi connectivity index (χ3v) is 2.34. The average Bonchev–Trinajstić information content (AvgIpc) is 2.55. The molecule has 1 rings (SSSR count). The number of nitrogens with one attached hydrogen (secondary N) is 1. The number of amides is 1. The van der Waals surface area contributed by atoms with Gasteiger partial charge in [0, 0.05) is 0 Å². The maximum atomic E-state index is 11.6. The number of hydrogen-bond donors (Lipinski definition) is 1. The zero-order valence-corrected chi connectivity index (χ0v) is 9.32. The summed E-state index contributed by atoms with van der Waals surface area (Å²) in [4.78, 5) is 15.8. The first kappa shape index (κ1) is 11.4. The van der Waals surface area contributed by atoms with Crippen molar-refractivity contribution in [3.05, 3.63) is 36.0 Å². The van der Waals surface area contributed by atoms with E-state index in [9.17, 15) is 4.79 Å². The number of allylic oxidation sites excluding steroid dienone is 4. The van der Waals surface area contributed by atoms with Crippen LogP contribution in [-0.2, 0) is 4.79 Å². The monoisotopic (exact) mass is 204 g/mol. The van der Waals surface area contributed by atoms with Crippen LogP contribution >= 0.6 is 0 Å². The van der Waals surface area contributed by atoms with Gasteiger partial charge in [0.1, 0.15) is 0 Å². The Morgan fingerprint density at radius 2 is 2.20 bits per heavy atom. The lowest BCUT2D eigenvalue weighted by Gasteiger charge is -2.19. The van der Waals surface area contributed by atoms with Crippen molar-refractivity contribution in [1.82, 2.24) is 5.32 Å². The summed E-state index contributed by atoms with van der Waals surface area (Å²) in [5, 5.41) is 2.60. The van der Waals surface area contributed by atoms with Crippen LogP contribution in [0.25, 0.3) is 0 Å². The predicted octanol–water partition coefficient (Wildman–Crippen LogP) is 1.98. The number of carbonyl (C=O) groups excluding carboxylic acids is 1. The molecule has 1 amide bonds. The highest BCUT2D eigenvalue weighted by atomic mass is 16.2. The summed E-state index contributed by atoms with van der Waals surface area (Å²) in [7, 11) is 0. The largest absolute Gasteiger partial charge is 0.315 e. The minimum absolute atomic E-state index is 0.0867. The van der Waals surface area contributed by atoms with E-state index in [2.05, 4.69) is 10.3 Å². The summed E-state index contributed by atoms with van der Waals surface area (Å²) in [6, 6.07) is 0. The van der Waals surface area contributed by atoms with Gasteiger partial charge in [0.15, 0.2) is 5.54 Å². The summed E-state index contributed by atoms with van der Waals surface area (Å²) < 4.78 is 0. The van der Waals surface area contributed by atoms with E-state index in [1.165, 1.54) is 6.34 Å². The van der Waals surface area contributed by atoms with E-state index in [1.807, 2.05) is 44.2 Å². The summed E-state index contributed by atoms with van der Waals surface area (Å²) in [6.07, 6.45) is 11.0. The second-order valence-electron chi connectivity index (χ2n) is 3.45. The van der Waals surface area contributed by atoms with Gasteiger partial charge in [0.25, 0.3) is 5.91 Å². The highest BCUT2D eigenvalue weighted by Gasteiger charge is 2.37. The predicted molar refractivity (Wildman–Crippen MR) is 62.8 cm³/mol. The second-order valence-corrected chi connectivity index (χ2v) is 3.45. The Hall–Kier alpha value is -1.64. The van der Waals surface area contributed by atoms with Gasteiger partial charge < -0.3 is 5.32 Å². The van der Waals surface area contributed by atoms with Crippen LogP contribution in [0.5, 0.6) is 0 Å². The molecule has 1 N–H and O–H groups in total. The van der Waals surface area contributed by atoms with Crippen LogP contribution in [0, 0.1) is 0 Å². The average molecular weight is 204 g/mol. The van der Waals surface area contributed by atoms with Crippen molar-refractivity contribution in [2.24, 2.45) is 4.99 Å². The Morgan fingerprint density at radius 3 is 2.67 bits per heavy atom. The lowest BCUT2D eigenvalue weighted by atomic mass is 9.91. The van der Waals surface area contributed by atoms with Gasteiger partial charge in [-0.2, -0.15) is 0 Å². The van der Waals surface area contributed by atoms with E-state index in [1.54, 1.807) is 6.92 Å². The van der Waals surface area contributed by atoms with Crippen molar-refractivity contribution in [1.29, 1.82) is 0 Å². The lowest BCUT2D eigenvalue weighted by Crippen LogP contribution is -2.37. The van der Waals surface area contributed by atoms with Crippen molar-refractivity contribution in [2.75, 3.05) is 0 Å². The number of nitrogens with zero attached hydrogens (tertiary/aromatic N) is 1. The molecule has 1 aliphatic rings. The SMILES string of the molecule is C\C=C/C=C(\C=C/C)C1(C)N=CNC1=O. The third-order valence-electron chi connectivity index (χ3n) is 2.34. The molecular formula is C12H16N2O. The Balaban J connectivity index is 3.09. The molecule has 0 aromatic carbocycles. The smallest absolute Gasteiger partial charge is 0.257 e. The molecule has 0 saturated heterocycles. The highest BCUT2D eigenvalue weighted by molar-refractivity contribution is 6.02. The fraction of sp³-hybridized carbons (Fsp3) is 0.333. The molecule has 3 heteroatoms. The van der Waals surface area contributed by atoms with E-state index < -0.39 is 5.54 Å². The molecular weight excluding hydrogens is 188 g/mol. The molecule has 1 atom stereocenters. The second kappa shape index (κ2) is 4.73. The molecule has 0 aromatic rings. The van der Waals surface area contributed by atoms with Crippen molar-refractivity contribution in [3.8, 4) is 0 Å². The van der Waals surface area contributed by atoms with Gasteiger partial charge in [-0.15, -0.1) is 0 Å². The summed E-state index contributed by atoms with van der Waals surface area (Å²) in [5.41, 5.74) is 0.0980. The minimum atomic E-state index is -0.786. The van der Waals surface area contributed by atoms with Crippen molar-refractivity contribution < 1.29 is 4.79 Å². The van der Waals surface area contributed by atoms with Gasteiger partial charge in [-0.25, -0.2) is 0 Å². The van der Waals surface area contributed by atoms with Gasteiger partial charge in [-0.05, 0) is 26.3 Å². The van der Waals surface area contributed by atoms with Gasteiger partial charge >= 0.3 is 0 Å². The zero-order valence-electron chi connectivity index (χ0n) is 9.32. The van der Waals surface area contributed by atoms with E-state index in [0.29, 0.717) is 0 Å². The molecule has 1 aliphatic heterocycles. The fourth-order valence-electron chi connectivity index (χ4n) is 1.38. The summed E-state index contributed by atoms with van der Waals surface area (Å²) in [6.45, 7) is 5.66. The van der Waals surface area contributed by atoms with E-state index in [4.69, 9.17) is 0 Å². The number of rotatable bonds is 3. The zero-order chi connectivity index (χ0) is 11.3. The molecule has 0 aromatic heterocycles. The van der Waals surface area contributed by atoms with Crippen LogP contribution < -0.4 is 5.32 Å². The first-order valence-electron chi connectivity index (χ1n) is 4.96. The molecule has 0 bridgehead atoms. The molecule has 80 valence electrons. The summed E-state index contributed by atoms with van der Waals surface area (Å²) in [5.74, 6) is -0.0867. The van der Waals surface area contributed by atoms with E-state index >= 15 is 0 Å². The standard InChI is InChI=1S/C12H16N2O/c1-4-6-8-10(7-5-2)12(3)11(15)13-9-14-12/h4-9H,1-3H3,(H,13,14,15)/b6-4-,7-5-,10-8+. The van der Waals surface area contributed by atoms with Crippen LogP contribution in [0.2, 0.25) is 0 Å². The number of aliphatic imine (C=N–C) groups is 1. The molecule has 1 unspecified atom stereocenters. The lowest BCUT2D eigenvalue weighted by molar-refractivity contribution is -0.121. The van der Waals surface area contributed by atoms with Crippen LogP contribution in [0.4, 0.5) is 0 Å². The van der Waals surface area contributed by atoms with Crippen LogP contribution in [0.1, 0.15) is 20.8 Å². The van der Waals surface area contributed by atoms with Crippen LogP contribution in [0.15, 0.2) is 40.9 Å². The van der Waals surface area contributed by atoms with Crippen molar-refractivity contribution >= 4 is 12.2 Å². The fourth-order valence-corrected chi connectivity index (χ4v) is 1.38. The van der Waals surface area contributed by atoms with Crippen LogP contribution in [-0.4, -0.2) is 17.8 Å².